The molecule has 0 radical (unpaired) electrons. The van der Waals surface area contributed by atoms with Crippen LogP contribution in [0, 0.1) is 0 Å². The zero-order valence-corrected chi connectivity index (χ0v) is 12.5. The molecule has 106 valence electrons. The maximum Gasteiger partial charge on any atom is 0.537 e. The van der Waals surface area contributed by atoms with E-state index in [0.29, 0.717) is 19.8 Å². The fourth-order valence-electron chi connectivity index (χ4n) is 1.76. The van der Waals surface area contributed by atoms with Crippen LogP contribution in [-0.4, -0.2) is 34.6 Å². The quantitative estimate of drug-likeness (QED) is 0.642. The Hall–Kier alpha value is -1.21. The SMILES string of the molecule is CCO[Si](OCC)(OCC)c1ccc(C(=O)[O-])cc1. The van der Waals surface area contributed by atoms with E-state index in [0.717, 1.165) is 5.19 Å². The molecule has 0 atom stereocenters. The fraction of sp³-hybridized carbons (Fsp3) is 0.462. The maximum atomic E-state index is 10.7. The van der Waals surface area contributed by atoms with Crippen LogP contribution in [0.4, 0.5) is 0 Å². The molecule has 0 saturated heterocycles. The minimum absolute atomic E-state index is 0.121. The van der Waals surface area contributed by atoms with Gasteiger partial charge in [-0.2, -0.15) is 0 Å². The van der Waals surface area contributed by atoms with E-state index in [2.05, 4.69) is 0 Å². The third-order valence-electron chi connectivity index (χ3n) is 2.48. The van der Waals surface area contributed by atoms with Gasteiger partial charge in [0.05, 0.1) is 5.97 Å². The normalized spacial score (nSPS) is 11.5. The van der Waals surface area contributed by atoms with Crippen molar-refractivity contribution in [3.63, 3.8) is 0 Å². The van der Waals surface area contributed by atoms with Crippen molar-refractivity contribution in [1.29, 1.82) is 0 Å². The summed E-state index contributed by atoms with van der Waals surface area (Å²) in [5, 5.41) is 11.5. The zero-order chi connectivity index (χ0) is 14.3. The Balaban J connectivity index is 3.10. The van der Waals surface area contributed by atoms with Crippen LogP contribution < -0.4 is 10.3 Å². The van der Waals surface area contributed by atoms with Crippen molar-refractivity contribution in [1.82, 2.24) is 0 Å². The van der Waals surface area contributed by atoms with E-state index in [4.69, 9.17) is 13.3 Å². The highest BCUT2D eigenvalue weighted by Gasteiger charge is 2.43. The topological polar surface area (TPSA) is 67.8 Å². The minimum atomic E-state index is -2.94. The van der Waals surface area contributed by atoms with Gasteiger partial charge in [0, 0.05) is 25.0 Å². The van der Waals surface area contributed by atoms with E-state index < -0.39 is 14.8 Å². The first-order valence-electron chi connectivity index (χ1n) is 6.33. The number of rotatable bonds is 8. The third-order valence-corrected chi connectivity index (χ3v) is 5.52. The molecule has 1 aromatic rings. The van der Waals surface area contributed by atoms with Crippen LogP contribution in [0.25, 0.3) is 0 Å². The van der Waals surface area contributed by atoms with Gasteiger partial charge in [0.2, 0.25) is 0 Å². The van der Waals surface area contributed by atoms with Gasteiger partial charge in [-0.1, -0.05) is 24.3 Å². The molecule has 0 aliphatic heterocycles. The van der Waals surface area contributed by atoms with Gasteiger partial charge >= 0.3 is 8.80 Å². The summed E-state index contributed by atoms with van der Waals surface area (Å²) in [6.45, 7) is 7.01. The van der Waals surface area contributed by atoms with Crippen LogP contribution >= 0.6 is 0 Å². The maximum absolute atomic E-state index is 10.7. The van der Waals surface area contributed by atoms with Crippen LogP contribution in [-0.2, 0) is 13.3 Å². The van der Waals surface area contributed by atoms with Gasteiger partial charge in [-0.15, -0.1) is 0 Å². The van der Waals surface area contributed by atoms with Crippen molar-refractivity contribution in [2.75, 3.05) is 19.8 Å². The molecule has 0 unspecified atom stereocenters. The number of carboxylic acid groups (broad SMARTS) is 1. The van der Waals surface area contributed by atoms with Crippen LogP contribution in [0.2, 0.25) is 0 Å². The number of carbonyl (C=O) groups is 1. The molecule has 1 aromatic carbocycles. The second-order valence-electron chi connectivity index (χ2n) is 3.72. The van der Waals surface area contributed by atoms with Crippen LogP contribution in [0.3, 0.4) is 0 Å². The van der Waals surface area contributed by atoms with E-state index in [1.54, 1.807) is 12.1 Å². The van der Waals surface area contributed by atoms with Crippen LogP contribution in [0.15, 0.2) is 24.3 Å². The van der Waals surface area contributed by atoms with Gasteiger partial charge in [0.15, 0.2) is 0 Å². The molecule has 0 spiro atoms. The fourth-order valence-corrected chi connectivity index (χ4v) is 4.22. The van der Waals surface area contributed by atoms with Crippen molar-refractivity contribution in [3.8, 4) is 0 Å². The van der Waals surface area contributed by atoms with E-state index >= 15 is 0 Å². The number of aromatic carboxylic acids is 1. The summed E-state index contributed by atoms with van der Waals surface area (Å²) in [4.78, 5) is 10.7. The summed E-state index contributed by atoms with van der Waals surface area (Å²) in [5.74, 6) is -1.21. The molecular weight excluding hydrogens is 264 g/mol. The molecule has 0 aliphatic rings. The molecule has 19 heavy (non-hydrogen) atoms. The molecule has 0 heterocycles. The summed E-state index contributed by atoms with van der Waals surface area (Å²) in [6.07, 6.45) is 0. The van der Waals surface area contributed by atoms with Gasteiger partial charge in [0.1, 0.15) is 0 Å². The van der Waals surface area contributed by atoms with Crippen molar-refractivity contribution in [3.05, 3.63) is 29.8 Å². The summed E-state index contributed by atoms with van der Waals surface area (Å²) in [5.41, 5.74) is 0.121. The molecule has 0 bridgehead atoms. The van der Waals surface area contributed by atoms with Crippen molar-refractivity contribution >= 4 is 20.0 Å². The lowest BCUT2D eigenvalue weighted by Crippen LogP contribution is -2.56. The van der Waals surface area contributed by atoms with Crippen molar-refractivity contribution in [2.45, 2.75) is 20.8 Å². The van der Waals surface area contributed by atoms with Gasteiger partial charge in [-0.25, -0.2) is 0 Å². The molecule has 1 rings (SSSR count). The number of benzene rings is 1. The molecule has 0 aliphatic carbocycles. The monoisotopic (exact) mass is 283 g/mol. The average Bonchev–Trinajstić information content (AvgIpc) is 2.39. The number of hydrogen-bond donors (Lipinski definition) is 0. The Morgan fingerprint density at radius 2 is 1.42 bits per heavy atom. The molecule has 0 N–H and O–H groups in total. The first-order valence-corrected chi connectivity index (χ1v) is 8.05. The average molecular weight is 283 g/mol. The summed E-state index contributed by atoms with van der Waals surface area (Å²) in [7, 11) is -2.94. The predicted octanol–water partition coefficient (Wildman–Crippen LogP) is 0.306. The second kappa shape index (κ2) is 7.39. The highest BCUT2D eigenvalue weighted by atomic mass is 28.4. The molecule has 0 aromatic heterocycles. The molecule has 5 nitrogen and oxygen atoms in total. The molecular formula is C13H19O5Si-. The lowest BCUT2D eigenvalue weighted by Gasteiger charge is -2.28. The standard InChI is InChI=1S/C13H20O5Si/c1-4-16-19(17-5-2,18-6-3)12-9-7-11(8-10-12)13(14)15/h7-10H,4-6H2,1-3H3,(H,14,15)/p-1. The van der Waals surface area contributed by atoms with Crippen molar-refractivity contribution in [2.24, 2.45) is 0 Å². The molecule has 6 heteroatoms. The molecule has 0 amide bonds. The smallest absolute Gasteiger partial charge is 0.537 e. The van der Waals surface area contributed by atoms with Gasteiger partial charge in [-0.05, 0) is 26.3 Å². The first-order chi connectivity index (χ1) is 9.09. The molecule has 0 fully saturated rings. The zero-order valence-electron chi connectivity index (χ0n) is 11.5. The highest BCUT2D eigenvalue weighted by molar-refractivity contribution is 6.75. The van der Waals surface area contributed by atoms with Crippen LogP contribution in [0.5, 0.6) is 0 Å². The summed E-state index contributed by atoms with van der Waals surface area (Å²) >= 11 is 0. The molecule has 0 saturated carbocycles. The second-order valence-corrected chi connectivity index (χ2v) is 6.28. The Kier molecular flexibility index (Phi) is 6.17. The lowest BCUT2D eigenvalue weighted by molar-refractivity contribution is -0.255. The predicted molar refractivity (Wildman–Crippen MR) is 71.0 cm³/mol. The minimum Gasteiger partial charge on any atom is -0.545 e. The van der Waals surface area contributed by atoms with E-state index in [1.807, 2.05) is 20.8 Å². The Bertz CT molecular complexity index is 387. The first kappa shape index (κ1) is 15.8. The van der Waals surface area contributed by atoms with E-state index in [-0.39, 0.29) is 5.56 Å². The number of carbonyl (C=O) groups excluding carboxylic acids is 1. The third kappa shape index (κ3) is 3.87. The largest absolute Gasteiger partial charge is 0.545 e. The van der Waals surface area contributed by atoms with E-state index in [9.17, 15) is 9.90 Å². The number of hydrogen-bond acceptors (Lipinski definition) is 5. The Labute approximate surface area is 114 Å². The van der Waals surface area contributed by atoms with Crippen molar-refractivity contribution < 1.29 is 23.2 Å². The lowest BCUT2D eigenvalue weighted by atomic mass is 10.2. The van der Waals surface area contributed by atoms with Gasteiger partial charge in [-0.3, -0.25) is 0 Å². The van der Waals surface area contributed by atoms with Crippen LogP contribution in [0.1, 0.15) is 31.1 Å². The van der Waals surface area contributed by atoms with E-state index in [1.165, 1.54) is 12.1 Å². The summed E-state index contributed by atoms with van der Waals surface area (Å²) in [6, 6.07) is 6.28. The Morgan fingerprint density at radius 1 is 1.00 bits per heavy atom. The number of carboxylic acids is 1. The summed E-state index contributed by atoms with van der Waals surface area (Å²) < 4.78 is 17.2. The van der Waals surface area contributed by atoms with Gasteiger partial charge < -0.3 is 23.2 Å². The Morgan fingerprint density at radius 3 is 1.74 bits per heavy atom. The highest BCUT2D eigenvalue weighted by Crippen LogP contribution is 2.11. The van der Waals surface area contributed by atoms with Gasteiger partial charge in [0.25, 0.3) is 0 Å².